The number of fused-ring (bicyclic) bond motifs is 2. The predicted molar refractivity (Wildman–Crippen MR) is 68.9 cm³/mol. The molecule has 100 valence electrons. The second kappa shape index (κ2) is 3.94. The molecule has 2 aliphatic rings. The highest BCUT2D eigenvalue weighted by molar-refractivity contribution is 5.92. The van der Waals surface area contributed by atoms with Crippen molar-refractivity contribution in [3.63, 3.8) is 0 Å². The van der Waals surface area contributed by atoms with E-state index in [4.69, 9.17) is 4.74 Å². The molecule has 0 aromatic rings. The molecule has 3 heteroatoms. The first-order valence-electron chi connectivity index (χ1n) is 6.62. The van der Waals surface area contributed by atoms with E-state index in [9.17, 15) is 9.59 Å². The van der Waals surface area contributed by atoms with Crippen molar-refractivity contribution >= 4 is 11.8 Å². The van der Waals surface area contributed by atoms with Crippen LogP contribution >= 0.6 is 0 Å². The van der Waals surface area contributed by atoms with Crippen molar-refractivity contribution in [2.24, 2.45) is 16.7 Å². The van der Waals surface area contributed by atoms with E-state index in [-0.39, 0.29) is 23.3 Å². The molecule has 0 spiro atoms. The van der Waals surface area contributed by atoms with Gasteiger partial charge in [0.25, 0.3) is 0 Å². The molecule has 0 aromatic heterocycles. The van der Waals surface area contributed by atoms with Crippen LogP contribution in [0.1, 0.15) is 47.5 Å². The molecule has 0 radical (unpaired) electrons. The molecule has 0 heterocycles. The van der Waals surface area contributed by atoms with Gasteiger partial charge in [-0.2, -0.15) is 0 Å². The standard InChI is InChI=1S/C15H22O3/c1-6-9(2)13(17)18-12-8-10-7-11(16)15(12,5)14(10,3)4/h6,10,12H,7-8H2,1-5H3/b9-6+/t10-,12-,15+/m0/s1. The van der Waals surface area contributed by atoms with E-state index >= 15 is 0 Å². The van der Waals surface area contributed by atoms with E-state index in [1.54, 1.807) is 13.0 Å². The van der Waals surface area contributed by atoms with E-state index in [1.807, 2.05) is 13.8 Å². The van der Waals surface area contributed by atoms with Gasteiger partial charge >= 0.3 is 5.97 Å². The molecule has 18 heavy (non-hydrogen) atoms. The van der Waals surface area contributed by atoms with Crippen molar-refractivity contribution < 1.29 is 14.3 Å². The van der Waals surface area contributed by atoms with Crippen LogP contribution in [0.15, 0.2) is 11.6 Å². The lowest BCUT2D eigenvalue weighted by Crippen LogP contribution is -2.44. The number of ketones is 1. The van der Waals surface area contributed by atoms with Crippen LogP contribution in [0.5, 0.6) is 0 Å². The summed E-state index contributed by atoms with van der Waals surface area (Å²) in [6.07, 6.45) is 2.93. The van der Waals surface area contributed by atoms with E-state index in [0.29, 0.717) is 17.9 Å². The van der Waals surface area contributed by atoms with Gasteiger partial charge in [0.2, 0.25) is 0 Å². The Kier molecular flexibility index (Phi) is 2.91. The first-order chi connectivity index (χ1) is 8.25. The van der Waals surface area contributed by atoms with Crippen molar-refractivity contribution in [3.05, 3.63) is 11.6 Å². The Morgan fingerprint density at radius 1 is 1.39 bits per heavy atom. The minimum absolute atomic E-state index is 0.0706. The van der Waals surface area contributed by atoms with Gasteiger partial charge in [0.05, 0.1) is 5.41 Å². The fourth-order valence-corrected chi connectivity index (χ4v) is 3.45. The Balaban J connectivity index is 2.24. The average Bonchev–Trinajstić information content (AvgIpc) is 2.59. The van der Waals surface area contributed by atoms with Crippen LogP contribution in [0, 0.1) is 16.7 Å². The number of hydrogen-bond acceptors (Lipinski definition) is 3. The number of esters is 1. The van der Waals surface area contributed by atoms with Crippen LogP contribution in [0.4, 0.5) is 0 Å². The Hall–Kier alpha value is -1.12. The first-order valence-corrected chi connectivity index (χ1v) is 6.62. The Bertz CT molecular complexity index is 433. The quantitative estimate of drug-likeness (QED) is 0.559. The highest BCUT2D eigenvalue weighted by Crippen LogP contribution is 2.64. The summed E-state index contributed by atoms with van der Waals surface area (Å²) < 4.78 is 5.58. The zero-order valence-corrected chi connectivity index (χ0v) is 11.9. The van der Waals surface area contributed by atoms with Gasteiger partial charge in [0.15, 0.2) is 0 Å². The van der Waals surface area contributed by atoms with Gasteiger partial charge in [0, 0.05) is 12.0 Å². The Morgan fingerprint density at radius 2 is 2.00 bits per heavy atom. The fraction of sp³-hybridized carbons (Fsp3) is 0.733. The first kappa shape index (κ1) is 13.3. The van der Waals surface area contributed by atoms with Crippen LogP contribution in [0.2, 0.25) is 0 Å². The molecule has 0 N–H and O–H groups in total. The zero-order valence-electron chi connectivity index (χ0n) is 11.9. The summed E-state index contributed by atoms with van der Waals surface area (Å²) in [5, 5.41) is 0. The number of ether oxygens (including phenoxy) is 1. The number of rotatable bonds is 2. The number of hydrogen-bond donors (Lipinski definition) is 0. The number of allylic oxidation sites excluding steroid dienone is 1. The summed E-state index contributed by atoms with van der Waals surface area (Å²) in [7, 11) is 0. The van der Waals surface area contributed by atoms with E-state index in [0.717, 1.165) is 6.42 Å². The second-order valence-electron chi connectivity index (χ2n) is 6.35. The molecule has 0 amide bonds. The topological polar surface area (TPSA) is 43.4 Å². The normalized spacial score (nSPS) is 38.1. The van der Waals surface area contributed by atoms with Gasteiger partial charge in [-0.1, -0.05) is 19.9 Å². The van der Waals surface area contributed by atoms with E-state index in [2.05, 4.69) is 13.8 Å². The SMILES string of the molecule is C/C=C(\C)C(=O)O[C@H]1C[C@@H]2CC(=O)[C@@]1(C)C2(C)C. The van der Waals surface area contributed by atoms with Crippen LogP contribution in [0.25, 0.3) is 0 Å². The van der Waals surface area contributed by atoms with Gasteiger partial charge in [-0.3, -0.25) is 4.79 Å². The van der Waals surface area contributed by atoms with Gasteiger partial charge in [-0.25, -0.2) is 4.79 Å². The van der Waals surface area contributed by atoms with Crippen LogP contribution < -0.4 is 0 Å². The average molecular weight is 250 g/mol. The van der Waals surface area contributed by atoms with Crippen molar-refractivity contribution in [3.8, 4) is 0 Å². The van der Waals surface area contributed by atoms with Gasteiger partial charge < -0.3 is 4.74 Å². The van der Waals surface area contributed by atoms with E-state index < -0.39 is 5.41 Å². The van der Waals surface area contributed by atoms with Crippen LogP contribution in [-0.4, -0.2) is 17.9 Å². The lowest BCUT2D eigenvalue weighted by molar-refractivity contribution is -0.156. The largest absolute Gasteiger partial charge is 0.458 e. The molecular formula is C15H22O3. The minimum Gasteiger partial charge on any atom is -0.458 e. The molecule has 2 fully saturated rings. The summed E-state index contributed by atoms with van der Waals surface area (Å²) in [5.41, 5.74) is 0.0202. The molecular weight excluding hydrogens is 228 g/mol. The highest BCUT2D eigenvalue weighted by atomic mass is 16.5. The summed E-state index contributed by atoms with van der Waals surface area (Å²) in [6, 6.07) is 0. The number of carbonyl (C=O) groups excluding carboxylic acids is 2. The van der Waals surface area contributed by atoms with E-state index in [1.165, 1.54) is 0 Å². The second-order valence-corrected chi connectivity index (χ2v) is 6.35. The molecule has 3 nitrogen and oxygen atoms in total. The summed E-state index contributed by atoms with van der Waals surface area (Å²) in [5.74, 6) is 0.304. The smallest absolute Gasteiger partial charge is 0.333 e. The van der Waals surface area contributed by atoms with Gasteiger partial charge in [-0.05, 0) is 38.5 Å². The molecule has 2 rings (SSSR count). The molecule has 0 unspecified atom stereocenters. The molecule has 2 saturated carbocycles. The van der Waals surface area contributed by atoms with Crippen LogP contribution in [-0.2, 0) is 14.3 Å². The lowest BCUT2D eigenvalue weighted by Gasteiger charge is -2.36. The number of Topliss-reactive ketones (excluding diaryl/α,β-unsaturated/α-hetero) is 1. The van der Waals surface area contributed by atoms with Gasteiger partial charge in [0.1, 0.15) is 11.9 Å². The van der Waals surface area contributed by atoms with Gasteiger partial charge in [-0.15, -0.1) is 0 Å². The minimum atomic E-state index is -0.513. The molecule has 0 aliphatic heterocycles. The third-order valence-electron chi connectivity index (χ3n) is 5.52. The maximum atomic E-state index is 12.2. The summed E-state index contributed by atoms with van der Waals surface area (Å²) in [6.45, 7) is 9.77. The number of carbonyl (C=O) groups is 2. The summed E-state index contributed by atoms with van der Waals surface area (Å²) >= 11 is 0. The maximum Gasteiger partial charge on any atom is 0.333 e. The Morgan fingerprint density at radius 3 is 2.44 bits per heavy atom. The lowest BCUT2D eigenvalue weighted by atomic mass is 9.69. The molecule has 0 aromatic carbocycles. The van der Waals surface area contributed by atoms with Crippen molar-refractivity contribution in [2.75, 3.05) is 0 Å². The third-order valence-corrected chi connectivity index (χ3v) is 5.52. The summed E-state index contributed by atoms with van der Waals surface area (Å²) in [4.78, 5) is 24.1. The maximum absolute atomic E-state index is 12.2. The van der Waals surface area contributed by atoms with Crippen LogP contribution in [0.3, 0.4) is 0 Å². The van der Waals surface area contributed by atoms with Crippen molar-refractivity contribution in [2.45, 2.75) is 53.6 Å². The molecule has 3 atom stereocenters. The third kappa shape index (κ3) is 1.49. The predicted octanol–water partition coefficient (Wildman–Crippen LogP) is 2.89. The van der Waals surface area contributed by atoms with Crippen molar-refractivity contribution in [1.29, 1.82) is 0 Å². The zero-order chi connectivity index (χ0) is 13.7. The fourth-order valence-electron chi connectivity index (χ4n) is 3.45. The molecule has 2 bridgehead atoms. The highest BCUT2D eigenvalue weighted by Gasteiger charge is 2.67. The van der Waals surface area contributed by atoms with Crippen molar-refractivity contribution in [1.82, 2.24) is 0 Å². The molecule has 0 saturated heterocycles. The Labute approximate surface area is 109 Å². The monoisotopic (exact) mass is 250 g/mol. The molecule has 2 aliphatic carbocycles.